The molecule has 1 rings (SSSR count). The molecule has 0 aromatic heterocycles. The average molecular weight is 365 g/mol. The van der Waals surface area contributed by atoms with Crippen LogP contribution in [-0.2, 0) is 0 Å². The zero-order valence-electron chi connectivity index (χ0n) is 9.80. The van der Waals surface area contributed by atoms with Gasteiger partial charge in [-0.25, -0.2) is 0 Å². The maximum atomic E-state index is 12.0. The minimum atomic E-state index is -0.305. The predicted molar refractivity (Wildman–Crippen MR) is 76.5 cm³/mol. The van der Waals surface area contributed by atoms with Crippen molar-refractivity contribution in [1.29, 1.82) is 0 Å². The third-order valence-corrected chi connectivity index (χ3v) is 4.81. The van der Waals surface area contributed by atoms with E-state index in [9.17, 15) is 4.79 Å². The van der Waals surface area contributed by atoms with Crippen molar-refractivity contribution >= 4 is 37.8 Å². The Morgan fingerprint density at radius 3 is 2.59 bits per heavy atom. The Labute approximate surface area is 118 Å². The summed E-state index contributed by atoms with van der Waals surface area (Å²) in [5.74, 6) is 0.572. The summed E-state index contributed by atoms with van der Waals surface area (Å²) in [6, 6.07) is 7.09. The third kappa shape index (κ3) is 4.00. The van der Waals surface area contributed by atoms with E-state index in [2.05, 4.69) is 37.2 Å². The quantitative estimate of drug-likeness (QED) is 0.815. The molecule has 0 aliphatic rings. The predicted octanol–water partition coefficient (Wildman–Crippen LogP) is 2.97. The fraction of sp³-hybridized carbons (Fsp3) is 0.417. The highest BCUT2D eigenvalue weighted by molar-refractivity contribution is 9.09. The number of carbonyl (C=O) groups is 1. The van der Waals surface area contributed by atoms with Crippen LogP contribution < -0.4 is 10.1 Å². The molecule has 0 aliphatic carbocycles. The summed E-state index contributed by atoms with van der Waals surface area (Å²) >= 11 is 6.78. The van der Waals surface area contributed by atoms with Gasteiger partial charge in [0.15, 0.2) is 0 Å². The summed E-state index contributed by atoms with van der Waals surface area (Å²) in [5.41, 5.74) is 0.289. The molecule has 1 aromatic carbocycles. The van der Waals surface area contributed by atoms with Crippen molar-refractivity contribution in [1.82, 2.24) is 5.32 Å². The zero-order chi connectivity index (χ0) is 12.9. The van der Waals surface area contributed by atoms with Crippen LogP contribution in [0.5, 0.6) is 5.75 Å². The lowest BCUT2D eigenvalue weighted by Crippen LogP contribution is -2.48. The fourth-order valence-corrected chi connectivity index (χ4v) is 2.42. The monoisotopic (exact) mass is 363 g/mol. The average Bonchev–Trinajstić information content (AvgIpc) is 2.38. The molecule has 0 bridgehead atoms. The Morgan fingerprint density at radius 1 is 1.41 bits per heavy atom. The number of halogens is 2. The molecule has 3 nitrogen and oxygen atoms in total. The number of rotatable bonds is 5. The molecule has 0 fully saturated rings. The van der Waals surface area contributed by atoms with Crippen LogP contribution in [0.2, 0.25) is 0 Å². The van der Waals surface area contributed by atoms with Gasteiger partial charge in [-0.05, 0) is 25.1 Å². The van der Waals surface area contributed by atoms with Gasteiger partial charge in [0.1, 0.15) is 5.75 Å². The van der Waals surface area contributed by atoms with Crippen molar-refractivity contribution in [2.24, 2.45) is 0 Å². The minimum absolute atomic E-state index is 0.106. The standard InChI is InChI=1S/C12H15Br2NO2/c1-12(7-13,8-14)15-11(16)9-4-3-5-10(6-9)17-2/h3-6H,7-8H2,1-2H3,(H,15,16). The number of amides is 1. The molecule has 0 spiro atoms. The lowest BCUT2D eigenvalue weighted by molar-refractivity contribution is 0.0922. The molecule has 0 atom stereocenters. The second-order valence-electron chi connectivity index (χ2n) is 4.01. The smallest absolute Gasteiger partial charge is 0.251 e. The Hall–Kier alpha value is -0.550. The van der Waals surface area contributed by atoms with E-state index in [0.717, 1.165) is 0 Å². The van der Waals surface area contributed by atoms with E-state index in [1.807, 2.05) is 13.0 Å². The molecule has 1 N–H and O–H groups in total. The molecule has 17 heavy (non-hydrogen) atoms. The molecule has 0 aliphatic heterocycles. The van der Waals surface area contributed by atoms with Gasteiger partial charge in [-0.3, -0.25) is 4.79 Å². The maximum absolute atomic E-state index is 12.0. The molecule has 1 aromatic rings. The summed E-state index contributed by atoms with van der Waals surface area (Å²) in [7, 11) is 1.58. The van der Waals surface area contributed by atoms with Crippen molar-refractivity contribution in [3.8, 4) is 5.75 Å². The van der Waals surface area contributed by atoms with Gasteiger partial charge in [-0.15, -0.1) is 0 Å². The minimum Gasteiger partial charge on any atom is -0.497 e. The van der Waals surface area contributed by atoms with Crippen LogP contribution in [0.15, 0.2) is 24.3 Å². The van der Waals surface area contributed by atoms with Gasteiger partial charge in [0.25, 0.3) is 5.91 Å². The molecular weight excluding hydrogens is 350 g/mol. The molecule has 0 radical (unpaired) electrons. The van der Waals surface area contributed by atoms with Crippen LogP contribution in [0.4, 0.5) is 0 Å². The van der Waals surface area contributed by atoms with Gasteiger partial charge in [-0.1, -0.05) is 37.9 Å². The number of alkyl halides is 2. The first-order valence-electron chi connectivity index (χ1n) is 5.13. The molecule has 94 valence electrons. The van der Waals surface area contributed by atoms with Gasteiger partial charge >= 0.3 is 0 Å². The first-order valence-corrected chi connectivity index (χ1v) is 7.37. The number of nitrogens with one attached hydrogen (secondary N) is 1. The van der Waals surface area contributed by atoms with Gasteiger partial charge in [0, 0.05) is 16.2 Å². The molecular formula is C12H15Br2NO2. The normalized spacial score (nSPS) is 11.1. The van der Waals surface area contributed by atoms with Crippen LogP contribution in [0.3, 0.4) is 0 Å². The lowest BCUT2D eigenvalue weighted by atomic mass is 10.1. The van der Waals surface area contributed by atoms with E-state index in [4.69, 9.17) is 4.74 Å². The van der Waals surface area contributed by atoms with Crippen LogP contribution >= 0.6 is 31.9 Å². The van der Waals surface area contributed by atoms with Crippen LogP contribution in [0.25, 0.3) is 0 Å². The summed E-state index contributed by atoms with van der Waals surface area (Å²) in [5, 5.41) is 4.34. The van der Waals surface area contributed by atoms with E-state index in [1.54, 1.807) is 25.3 Å². The number of hydrogen-bond donors (Lipinski definition) is 1. The van der Waals surface area contributed by atoms with Crippen molar-refractivity contribution in [2.75, 3.05) is 17.8 Å². The summed E-state index contributed by atoms with van der Waals surface area (Å²) in [6.45, 7) is 1.97. The Balaban J connectivity index is 2.82. The van der Waals surface area contributed by atoms with Crippen molar-refractivity contribution in [3.63, 3.8) is 0 Å². The van der Waals surface area contributed by atoms with E-state index >= 15 is 0 Å². The first-order chi connectivity index (χ1) is 8.04. The van der Waals surface area contributed by atoms with E-state index in [0.29, 0.717) is 22.0 Å². The number of benzene rings is 1. The van der Waals surface area contributed by atoms with Gasteiger partial charge < -0.3 is 10.1 Å². The molecule has 0 unspecified atom stereocenters. The van der Waals surface area contributed by atoms with Crippen LogP contribution in [0, 0.1) is 0 Å². The SMILES string of the molecule is COc1cccc(C(=O)NC(C)(CBr)CBr)c1. The molecule has 1 amide bonds. The van der Waals surface area contributed by atoms with Crippen molar-refractivity contribution in [3.05, 3.63) is 29.8 Å². The largest absolute Gasteiger partial charge is 0.497 e. The topological polar surface area (TPSA) is 38.3 Å². The second kappa shape index (κ2) is 6.40. The highest BCUT2D eigenvalue weighted by atomic mass is 79.9. The van der Waals surface area contributed by atoms with E-state index in [1.165, 1.54) is 0 Å². The molecule has 0 saturated heterocycles. The summed E-state index contributed by atoms with van der Waals surface area (Å²) < 4.78 is 5.09. The molecule has 5 heteroatoms. The van der Waals surface area contributed by atoms with E-state index < -0.39 is 0 Å². The van der Waals surface area contributed by atoms with Gasteiger partial charge in [0.05, 0.1) is 12.6 Å². The summed E-state index contributed by atoms with van der Waals surface area (Å²) in [6.07, 6.45) is 0. The molecule has 0 saturated carbocycles. The van der Waals surface area contributed by atoms with E-state index in [-0.39, 0.29) is 11.4 Å². The number of methoxy groups -OCH3 is 1. The van der Waals surface area contributed by atoms with Gasteiger partial charge in [-0.2, -0.15) is 0 Å². The first kappa shape index (κ1) is 14.5. The summed E-state index contributed by atoms with van der Waals surface area (Å²) in [4.78, 5) is 12.0. The number of hydrogen-bond acceptors (Lipinski definition) is 2. The Morgan fingerprint density at radius 2 is 2.06 bits per heavy atom. The Bertz CT molecular complexity index is 392. The molecule has 0 heterocycles. The maximum Gasteiger partial charge on any atom is 0.251 e. The van der Waals surface area contributed by atoms with Gasteiger partial charge in [0.2, 0.25) is 0 Å². The second-order valence-corrected chi connectivity index (χ2v) is 5.14. The number of ether oxygens (including phenoxy) is 1. The third-order valence-electron chi connectivity index (χ3n) is 2.34. The lowest BCUT2D eigenvalue weighted by Gasteiger charge is -2.26. The van der Waals surface area contributed by atoms with Crippen LogP contribution in [0.1, 0.15) is 17.3 Å². The Kier molecular flexibility index (Phi) is 5.46. The van der Waals surface area contributed by atoms with Crippen molar-refractivity contribution in [2.45, 2.75) is 12.5 Å². The highest BCUT2D eigenvalue weighted by Gasteiger charge is 2.24. The fourth-order valence-electron chi connectivity index (χ4n) is 1.21. The zero-order valence-corrected chi connectivity index (χ0v) is 13.0. The number of carbonyl (C=O) groups excluding carboxylic acids is 1. The van der Waals surface area contributed by atoms with Crippen molar-refractivity contribution < 1.29 is 9.53 Å². The highest BCUT2D eigenvalue weighted by Crippen LogP contribution is 2.16. The van der Waals surface area contributed by atoms with Crippen LogP contribution in [-0.4, -0.2) is 29.2 Å².